The van der Waals surface area contributed by atoms with E-state index in [0.717, 1.165) is 5.69 Å². The molecule has 0 aromatic heterocycles. The van der Waals surface area contributed by atoms with E-state index in [1.54, 1.807) is 30.1 Å². The molecule has 1 rings (SSSR count). The Morgan fingerprint density at radius 1 is 1.62 bits per heavy atom. The van der Waals surface area contributed by atoms with Crippen molar-refractivity contribution in [3.05, 3.63) is 28.8 Å². The summed E-state index contributed by atoms with van der Waals surface area (Å²) in [5.74, 6) is -0.331. The van der Waals surface area contributed by atoms with Gasteiger partial charge in [0.15, 0.2) is 0 Å². The average molecular weight is 239 g/mol. The lowest BCUT2D eigenvalue weighted by Crippen LogP contribution is -2.26. The Morgan fingerprint density at radius 2 is 2.31 bits per heavy atom. The SMILES string of the molecule is COC(=O)CN(C)c1ccc(C#N)c(Cl)c1. The quantitative estimate of drug-likeness (QED) is 0.754. The highest BCUT2D eigenvalue weighted by atomic mass is 35.5. The first-order valence-corrected chi connectivity index (χ1v) is 4.94. The number of halogens is 1. The first-order valence-electron chi connectivity index (χ1n) is 4.56. The molecule has 0 aliphatic heterocycles. The summed E-state index contributed by atoms with van der Waals surface area (Å²) in [5.41, 5.74) is 1.17. The molecule has 0 aliphatic rings. The summed E-state index contributed by atoms with van der Waals surface area (Å²) in [5, 5.41) is 9.08. The van der Waals surface area contributed by atoms with E-state index in [9.17, 15) is 4.79 Å². The zero-order valence-electron chi connectivity index (χ0n) is 9.03. The molecule has 0 heterocycles. The van der Waals surface area contributed by atoms with Crippen LogP contribution >= 0.6 is 11.6 Å². The van der Waals surface area contributed by atoms with E-state index < -0.39 is 0 Å². The molecule has 4 nitrogen and oxygen atoms in total. The highest BCUT2D eigenvalue weighted by Gasteiger charge is 2.09. The van der Waals surface area contributed by atoms with Crippen LogP contribution in [0.4, 0.5) is 5.69 Å². The number of hydrogen-bond acceptors (Lipinski definition) is 4. The number of methoxy groups -OCH3 is 1. The van der Waals surface area contributed by atoms with Gasteiger partial charge in [-0.05, 0) is 18.2 Å². The molecular formula is C11H11ClN2O2. The van der Waals surface area contributed by atoms with Gasteiger partial charge in [-0.2, -0.15) is 5.26 Å². The molecule has 0 amide bonds. The summed E-state index contributed by atoms with van der Waals surface area (Å²) >= 11 is 5.88. The van der Waals surface area contributed by atoms with Crippen molar-refractivity contribution in [2.45, 2.75) is 0 Å². The molecule has 0 spiro atoms. The number of anilines is 1. The van der Waals surface area contributed by atoms with Crippen LogP contribution in [0.15, 0.2) is 18.2 Å². The molecular weight excluding hydrogens is 228 g/mol. The monoisotopic (exact) mass is 238 g/mol. The van der Waals surface area contributed by atoms with Crippen LogP contribution in [0.2, 0.25) is 5.02 Å². The van der Waals surface area contributed by atoms with Crippen LogP contribution in [-0.2, 0) is 9.53 Å². The van der Waals surface area contributed by atoms with Gasteiger partial charge in [0.2, 0.25) is 0 Å². The Morgan fingerprint density at radius 3 is 2.81 bits per heavy atom. The number of nitrogens with zero attached hydrogens (tertiary/aromatic N) is 2. The van der Waals surface area contributed by atoms with Gasteiger partial charge in [0.1, 0.15) is 12.6 Å². The molecule has 1 aromatic carbocycles. The van der Waals surface area contributed by atoms with Gasteiger partial charge < -0.3 is 9.64 Å². The second-order valence-electron chi connectivity index (χ2n) is 3.21. The number of nitriles is 1. The normalized spacial score (nSPS) is 9.38. The smallest absolute Gasteiger partial charge is 0.325 e. The number of hydrogen-bond donors (Lipinski definition) is 0. The third kappa shape index (κ3) is 2.88. The molecule has 0 saturated heterocycles. The largest absolute Gasteiger partial charge is 0.468 e. The van der Waals surface area contributed by atoms with E-state index in [2.05, 4.69) is 4.74 Å². The van der Waals surface area contributed by atoms with Crippen molar-refractivity contribution in [2.75, 3.05) is 25.6 Å². The highest BCUT2D eigenvalue weighted by molar-refractivity contribution is 6.32. The van der Waals surface area contributed by atoms with Crippen LogP contribution in [0.1, 0.15) is 5.56 Å². The van der Waals surface area contributed by atoms with Gasteiger partial charge in [-0.15, -0.1) is 0 Å². The number of ether oxygens (including phenoxy) is 1. The molecule has 0 saturated carbocycles. The van der Waals surface area contributed by atoms with E-state index in [4.69, 9.17) is 16.9 Å². The van der Waals surface area contributed by atoms with Crippen LogP contribution in [-0.4, -0.2) is 26.7 Å². The lowest BCUT2D eigenvalue weighted by molar-refractivity contribution is -0.138. The lowest BCUT2D eigenvalue weighted by Gasteiger charge is -2.17. The summed E-state index contributed by atoms with van der Waals surface area (Å²) in [6.07, 6.45) is 0. The van der Waals surface area contributed by atoms with Crippen molar-refractivity contribution < 1.29 is 9.53 Å². The minimum Gasteiger partial charge on any atom is -0.468 e. The molecule has 0 N–H and O–H groups in total. The predicted molar refractivity (Wildman–Crippen MR) is 61.5 cm³/mol. The maximum absolute atomic E-state index is 11.1. The van der Waals surface area contributed by atoms with Crippen molar-refractivity contribution >= 4 is 23.3 Å². The Hall–Kier alpha value is -1.73. The molecule has 5 heteroatoms. The maximum Gasteiger partial charge on any atom is 0.325 e. The standard InChI is InChI=1S/C11H11ClN2O2/c1-14(7-11(15)16-2)9-4-3-8(6-13)10(12)5-9/h3-5H,7H2,1-2H3. The third-order valence-electron chi connectivity index (χ3n) is 2.11. The average Bonchev–Trinajstić information content (AvgIpc) is 2.28. The number of esters is 1. The summed E-state index contributed by atoms with van der Waals surface area (Å²) < 4.78 is 4.55. The number of benzene rings is 1. The van der Waals surface area contributed by atoms with Crippen LogP contribution in [0.3, 0.4) is 0 Å². The number of carbonyl (C=O) groups excluding carboxylic acids is 1. The van der Waals surface area contributed by atoms with Gasteiger partial charge in [-0.1, -0.05) is 11.6 Å². The molecule has 0 atom stereocenters. The zero-order chi connectivity index (χ0) is 12.1. The van der Waals surface area contributed by atoms with Crippen LogP contribution in [0, 0.1) is 11.3 Å². The van der Waals surface area contributed by atoms with E-state index in [1.807, 2.05) is 6.07 Å². The highest BCUT2D eigenvalue weighted by Crippen LogP contribution is 2.22. The van der Waals surface area contributed by atoms with Gasteiger partial charge >= 0.3 is 5.97 Å². The fraction of sp³-hybridized carbons (Fsp3) is 0.273. The molecule has 0 radical (unpaired) electrons. The number of rotatable bonds is 3. The summed E-state index contributed by atoms with van der Waals surface area (Å²) in [4.78, 5) is 12.7. The topological polar surface area (TPSA) is 53.3 Å². The van der Waals surface area contributed by atoms with Gasteiger partial charge in [0.25, 0.3) is 0 Å². The van der Waals surface area contributed by atoms with Gasteiger partial charge in [0, 0.05) is 12.7 Å². The Kier molecular flexibility index (Phi) is 4.15. The summed E-state index contributed by atoms with van der Waals surface area (Å²) in [6.45, 7) is 0.138. The summed E-state index contributed by atoms with van der Waals surface area (Å²) in [7, 11) is 3.08. The van der Waals surface area contributed by atoms with E-state index in [-0.39, 0.29) is 12.5 Å². The molecule has 1 aromatic rings. The first-order chi connectivity index (χ1) is 7.58. The number of carbonyl (C=O) groups is 1. The van der Waals surface area contributed by atoms with Crippen LogP contribution in [0.5, 0.6) is 0 Å². The second kappa shape index (κ2) is 5.38. The second-order valence-corrected chi connectivity index (χ2v) is 3.62. The Balaban J connectivity index is 2.85. The van der Waals surface area contributed by atoms with Crippen molar-refractivity contribution in [3.63, 3.8) is 0 Å². The van der Waals surface area contributed by atoms with Gasteiger partial charge in [-0.3, -0.25) is 4.79 Å². The minimum atomic E-state index is -0.331. The minimum absolute atomic E-state index is 0.138. The van der Waals surface area contributed by atoms with E-state index in [0.29, 0.717) is 10.6 Å². The first kappa shape index (κ1) is 12.3. The predicted octanol–water partition coefficient (Wildman–Crippen LogP) is 1.82. The van der Waals surface area contributed by atoms with Crippen molar-refractivity contribution in [1.29, 1.82) is 5.26 Å². The zero-order valence-corrected chi connectivity index (χ0v) is 9.78. The van der Waals surface area contributed by atoms with Crippen LogP contribution in [0.25, 0.3) is 0 Å². The Labute approximate surface area is 99.0 Å². The molecule has 84 valence electrons. The lowest BCUT2D eigenvalue weighted by atomic mass is 10.2. The maximum atomic E-state index is 11.1. The Bertz CT molecular complexity index is 440. The fourth-order valence-corrected chi connectivity index (χ4v) is 1.40. The molecule has 16 heavy (non-hydrogen) atoms. The molecule has 0 unspecified atom stereocenters. The van der Waals surface area contributed by atoms with Gasteiger partial charge in [-0.25, -0.2) is 0 Å². The van der Waals surface area contributed by atoms with E-state index >= 15 is 0 Å². The number of likely N-dealkylation sites (N-methyl/N-ethyl adjacent to an activating group) is 1. The van der Waals surface area contributed by atoms with Gasteiger partial charge in [0.05, 0.1) is 17.7 Å². The van der Waals surface area contributed by atoms with Crippen LogP contribution < -0.4 is 4.90 Å². The van der Waals surface area contributed by atoms with Crippen molar-refractivity contribution in [2.24, 2.45) is 0 Å². The van der Waals surface area contributed by atoms with Crippen molar-refractivity contribution in [3.8, 4) is 6.07 Å². The van der Waals surface area contributed by atoms with Crippen molar-refractivity contribution in [1.82, 2.24) is 0 Å². The molecule has 0 aliphatic carbocycles. The molecule has 0 fully saturated rings. The van der Waals surface area contributed by atoms with E-state index in [1.165, 1.54) is 7.11 Å². The summed E-state index contributed by atoms with van der Waals surface area (Å²) in [6, 6.07) is 6.96. The molecule has 0 bridgehead atoms. The third-order valence-corrected chi connectivity index (χ3v) is 2.42. The fourth-order valence-electron chi connectivity index (χ4n) is 1.18.